The van der Waals surface area contributed by atoms with Crippen LogP contribution in [-0.2, 0) is 10.0 Å². The second-order valence-electron chi connectivity index (χ2n) is 6.84. The molecule has 3 rings (SSSR count). The number of hydrogen-bond donors (Lipinski definition) is 1. The van der Waals surface area contributed by atoms with Crippen molar-refractivity contribution < 1.29 is 18.0 Å². The molecule has 1 aromatic heterocycles. The zero-order chi connectivity index (χ0) is 19.6. The van der Waals surface area contributed by atoms with Crippen molar-refractivity contribution in [1.29, 1.82) is 0 Å². The smallest absolute Gasteiger partial charge is 0.265 e. The molecule has 1 aliphatic rings. The Morgan fingerprint density at radius 3 is 2.56 bits per heavy atom. The van der Waals surface area contributed by atoms with Crippen molar-refractivity contribution in [1.82, 2.24) is 4.31 Å². The summed E-state index contributed by atoms with van der Waals surface area (Å²) in [6, 6.07) is 8.00. The van der Waals surface area contributed by atoms with Gasteiger partial charge < -0.3 is 5.32 Å². The topological polar surface area (TPSA) is 83.5 Å². The third-order valence-corrected chi connectivity index (χ3v) is 7.53. The number of sulfonamides is 1. The van der Waals surface area contributed by atoms with E-state index in [-0.39, 0.29) is 16.6 Å². The fraction of sp³-hybridized carbons (Fsp3) is 0.368. The molecule has 1 aliphatic heterocycles. The molecule has 1 fully saturated rings. The summed E-state index contributed by atoms with van der Waals surface area (Å²) >= 11 is 1.10. The van der Waals surface area contributed by atoms with Crippen LogP contribution in [0.4, 0.5) is 5.69 Å². The predicted molar refractivity (Wildman–Crippen MR) is 106 cm³/mol. The predicted octanol–water partition coefficient (Wildman–Crippen LogP) is 3.62. The van der Waals surface area contributed by atoms with E-state index in [1.165, 1.54) is 22.7 Å². The lowest BCUT2D eigenvalue weighted by Gasteiger charge is -2.29. The standard InChI is InChI=1S/C19H22N2O4S2/c1-13-4-3-9-21(11-13)27(24,25)17-10-18(26-12-17)19(23)20-16-7-5-15(6-8-16)14(2)22/h5-8,10,12-13H,3-4,9,11H2,1-2H3,(H,20,23)/t13-/m0/s1. The monoisotopic (exact) mass is 406 g/mol. The van der Waals surface area contributed by atoms with E-state index < -0.39 is 10.0 Å². The van der Waals surface area contributed by atoms with E-state index in [0.717, 1.165) is 24.2 Å². The van der Waals surface area contributed by atoms with Crippen LogP contribution in [0.2, 0.25) is 0 Å². The summed E-state index contributed by atoms with van der Waals surface area (Å²) in [4.78, 5) is 24.2. The lowest BCUT2D eigenvalue weighted by atomic mass is 10.0. The maximum absolute atomic E-state index is 12.8. The van der Waals surface area contributed by atoms with E-state index >= 15 is 0 Å². The fourth-order valence-corrected chi connectivity index (χ4v) is 5.82. The number of nitrogens with zero attached hydrogens (tertiary/aromatic N) is 1. The Bertz CT molecular complexity index is 948. The summed E-state index contributed by atoms with van der Waals surface area (Å²) in [7, 11) is -3.57. The van der Waals surface area contributed by atoms with Crippen LogP contribution in [0.1, 0.15) is 46.7 Å². The third-order valence-electron chi connectivity index (χ3n) is 4.61. The number of thiophene rings is 1. The molecule has 0 saturated carbocycles. The van der Waals surface area contributed by atoms with Crippen LogP contribution < -0.4 is 5.32 Å². The van der Waals surface area contributed by atoms with Crippen molar-refractivity contribution in [2.75, 3.05) is 18.4 Å². The molecule has 1 atom stereocenters. The van der Waals surface area contributed by atoms with Crippen molar-refractivity contribution >= 4 is 38.7 Å². The molecule has 27 heavy (non-hydrogen) atoms. The highest BCUT2D eigenvalue weighted by molar-refractivity contribution is 7.89. The Morgan fingerprint density at radius 2 is 1.93 bits per heavy atom. The summed E-state index contributed by atoms with van der Waals surface area (Å²) in [5.41, 5.74) is 1.11. The van der Waals surface area contributed by atoms with Gasteiger partial charge in [0.05, 0.1) is 9.77 Å². The van der Waals surface area contributed by atoms with Crippen molar-refractivity contribution in [2.45, 2.75) is 31.6 Å². The third kappa shape index (κ3) is 4.45. The van der Waals surface area contributed by atoms with Gasteiger partial charge in [0.25, 0.3) is 5.91 Å². The first-order chi connectivity index (χ1) is 12.8. The zero-order valence-corrected chi connectivity index (χ0v) is 16.9. The number of piperidine rings is 1. The van der Waals surface area contributed by atoms with E-state index in [1.807, 2.05) is 6.92 Å². The van der Waals surface area contributed by atoms with Crippen LogP contribution in [0, 0.1) is 5.92 Å². The van der Waals surface area contributed by atoms with Gasteiger partial charge in [-0.25, -0.2) is 8.42 Å². The van der Waals surface area contributed by atoms with E-state index in [9.17, 15) is 18.0 Å². The van der Waals surface area contributed by atoms with Gasteiger partial charge >= 0.3 is 0 Å². The van der Waals surface area contributed by atoms with Crippen LogP contribution in [0.3, 0.4) is 0 Å². The molecule has 1 N–H and O–H groups in total. The van der Waals surface area contributed by atoms with Gasteiger partial charge in [-0.15, -0.1) is 11.3 Å². The number of ketones is 1. The number of amides is 1. The quantitative estimate of drug-likeness (QED) is 0.769. The van der Waals surface area contributed by atoms with Crippen LogP contribution >= 0.6 is 11.3 Å². The molecule has 1 aromatic carbocycles. The lowest BCUT2D eigenvalue weighted by molar-refractivity contribution is 0.101. The zero-order valence-electron chi connectivity index (χ0n) is 15.3. The van der Waals surface area contributed by atoms with Gasteiger partial charge in [0.15, 0.2) is 5.78 Å². The van der Waals surface area contributed by atoms with E-state index in [1.54, 1.807) is 24.3 Å². The molecule has 0 bridgehead atoms. The molecule has 8 heteroatoms. The molecule has 6 nitrogen and oxygen atoms in total. The van der Waals surface area contributed by atoms with Crippen molar-refractivity contribution in [3.8, 4) is 0 Å². The minimum absolute atomic E-state index is 0.0481. The largest absolute Gasteiger partial charge is 0.321 e. The number of rotatable bonds is 5. The molecule has 0 spiro atoms. The molecule has 144 valence electrons. The molecular formula is C19H22N2O4S2. The van der Waals surface area contributed by atoms with Gasteiger partial charge in [-0.1, -0.05) is 6.92 Å². The van der Waals surface area contributed by atoms with Gasteiger partial charge in [-0.3, -0.25) is 9.59 Å². The molecule has 0 radical (unpaired) electrons. The van der Waals surface area contributed by atoms with Crippen LogP contribution in [0.25, 0.3) is 0 Å². The van der Waals surface area contributed by atoms with Crippen molar-refractivity contribution in [3.63, 3.8) is 0 Å². The summed E-state index contributed by atoms with van der Waals surface area (Å²) in [6.45, 7) is 4.56. The number of benzene rings is 1. The number of nitrogens with one attached hydrogen (secondary N) is 1. The highest BCUT2D eigenvalue weighted by Crippen LogP contribution is 2.27. The molecule has 2 heterocycles. The fourth-order valence-electron chi connectivity index (χ4n) is 3.07. The molecule has 0 unspecified atom stereocenters. The van der Waals surface area contributed by atoms with Gasteiger partial charge in [0, 0.05) is 29.7 Å². The SMILES string of the molecule is CC(=O)c1ccc(NC(=O)c2cc(S(=O)(=O)N3CCC[C@H](C)C3)cs2)cc1. The van der Waals surface area contributed by atoms with Crippen LogP contribution in [0.5, 0.6) is 0 Å². The number of anilines is 1. The Hall–Kier alpha value is -2.03. The van der Waals surface area contributed by atoms with Crippen molar-refractivity contribution in [2.24, 2.45) is 5.92 Å². The first-order valence-corrected chi connectivity index (χ1v) is 11.1. The molecule has 1 amide bonds. The first kappa shape index (κ1) is 19.7. The van der Waals surface area contributed by atoms with Gasteiger partial charge in [0.1, 0.15) is 0 Å². The first-order valence-electron chi connectivity index (χ1n) is 8.78. The highest BCUT2D eigenvalue weighted by atomic mass is 32.2. The normalized spacial score (nSPS) is 18.2. The Kier molecular flexibility index (Phi) is 5.78. The maximum atomic E-state index is 12.8. The number of Topliss-reactive ketones (excluding diaryl/α,β-unsaturated/α-hetero) is 1. The summed E-state index contributed by atoms with van der Waals surface area (Å²) in [5, 5.41) is 4.24. The molecule has 1 saturated heterocycles. The minimum Gasteiger partial charge on any atom is -0.321 e. The van der Waals surface area contributed by atoms with Gasteiger partial charge in [0.2, 0.25) is 10.0 Å². The summed E-state index contributed by atoms with van der Waals surface area (Å²) < 4.78 is 27.1. The summed E-state index contributed by atoms with van der Waals surface area (Å²) in [6.07, 6.45) is 1.89. The highest BCUT2D eigenvalue weighted by Gasteiger charge is 2.30. The van der Waals surface area contributed by atoms with Crippen molar-refractivity contribution in [3.05, 3.63) is 46.2 Å². The van der Waals surface area contributed by atoms with E-state index in [2.05, 4.69) is 5.32 Å². The van der Waals surface area contributed by atoms with E-state index in [0.29, 0.717) is 35.1 Å². The number of carbonyl (C=O) groups excluding carboxylic acids is 2. The van der Waals surface area contributed by atoms with Crippen LogP contribution in [0.15, 0.2) is 40.6 Å². The average molecular weight is 407 g/mol. The average Bonchev–Trinajstić information content (AvgIpc) is 3.13. The Labute approximate surface area is 163 Å². The second-order valence-corrected chi connectivity index (χ2v) is 9.69. The number of hydrogen-bond acceptors (Lipinski definition) is 5. The summed E-state index contributed by atoms with van der Waals surface area (Å²) in [5.74, 6) is -0.0787. The second kappa shape index (κ2) is 7.92. The lowest BCUT2D eigenvalue weighted by Crippen LogP contribution is -2.38. The van der Waals surface area contributed by atoms with Crippen LogP contribution in [-0.4, -0.2) is 37.5 Å². The Morgan fingerprint density at radius 1 is 1.22 bits per heavy atom. The molecule has 0 aliphatic carbocycles. The van der Waals surface area contributed by atoms with Gasteiger partial charge in [-0.2, -0.15) is 4.31 Å². The minimum atomic E-state index is -3.57. The maximum Gasteiger partial charge on any atom is 0.265 e. The van der Waals surface area contributed by atoms with Gasteiger partial charge in [-0.05, 0) is 56.0 Å². The van der Waals surface area contributed by atoms with E-state index in [4.69, 9.17) is 0 Å². The Balaban J connectivity index is 1.72. The number of carbonyl (C=O) groups is 2. The molecular weight excluding hydrogens is 384 g/mol. The molecule has 2 aromatic rings.